The van der Waals surface area contributed by atoms with Gasteiger partial charge in [-0.2, -0.15) is 0 Å². The summed E-state index contributed by atoms with van der Waals surface area (Å²) in [4.78, 5) is 43.2. The normalized spacial score (nSPS) is 18.5. The Balaban J connectivity index is 1.54. The Bertz CT molecular complexity index is 841. The third kappa shape index (κ3) is 4.19. The molecule has 3 amide bonds. The zero-order valence-corrected chi connectivity index (χ0v) is 15.9. The number of nitrogens with zero attached hydrogens (tertiary/aromatic N) is 2. The van der Waals surface area contributed by atoms with Crippen LogP contribution in [-0.4, -0.2) is 52.8 Å². The van der Waals surface area contributed by atoms with E-state index in [0.29, 0.717) is 30.6 Å². The lowest BCUT2D eigenvalue weighted by atomic mass is 9.97. The molecule has 1 saturated heterocycles. The number of carbonyl (C=O) groups is 3. The Morgan fingerprint density at radius 2 is 1.75 bits per heavy atom. The fourth-order valence-electron chi connectivity index (χ4n) is 3.40. The van der Waals surface area contributed by atoms with Crippen LogP contribution in [0.2, 0.25) is 0 Å². The Morgan fingerprint density at radius 3 is 2.46 bits per heavy atom. The van der Waals surface area contributed by atoms with Gasteiger partial charge in [0.15, 0.2) is 0 Å². The van der Waals surface area contributed by atoms with E-state index < -0.39 is 5.54 Å². The summed E-state index contributed by atoms with van der Waals surface area (Å²) >= 11 is 0. The average Bonchev–Trinajstić information content (AvgIpc) is 3.14. The van der Waals surface area contributed by atoms with Gasteiger partial charge < -0.3 is 15.5 Å². The highest BCUT2D eigenvalue weighted by Gasteiger charge is 2.45. The molecule has 1 unspecified atom stereocenters. The Hall–Kier alpha value is -3.22. The number of hydrogen-bond donors (Lipinski definition) is 2. The summed E-state index contributed by atoms with van der Waals surface area (Å²) in [6.07, 6.45) is 4.47. The van der Waals surface area contributed by atoms with Crippen molar-refractivity contribution in [1.82, 2.24) is 20.5 Å². The molecule has 2 heterocycles. The predicted molar refractivity (Wildman–Crippen MR) is 105 cm³/mol. The second-order valence-electron chi connectivity index (χ2n) is 6.95. The maximum atomic E-state index is 12.8. The van der Waals surface area contributed by atoms with Crippen molar-refractivity contribution in [3.05, 3.63) is 66.0 Å². The third-order valence-corrected chi connectivity index (χ3v) is 5.02. The Morgan fingerprint density at radius 1 is 1.04 bits per heavy atom. The molecule has 7 heteroatoms. The standard InChI is InChI=1S/C21H24N4O3/c1-21(10-6-14-25(21)19(27)16-7-3-2-4-8-16)20(28)24-13-12-23-18(26)17-9-5-11-22-15-17/h2-5,7-9,11,15H,6,10,12-14H2,1H3,(H,23,26)(H,24,28). The molecule has 3 rings (SSSR count). The molecular formula is C21H24N4O3. The van der Waals surface area contributed by atoms with E-state index in [-0.39, 0.29) is 24.3 Å². The molecule has 28 heavy (non-hydrogen) atoms. The second-order valence-corrected chi connectivity index (χ2v) is 6.95. The monoisotopic (exact) mass is 380 g/mol. The third-order valence-electron chi connectivity index (χ3n) is 5.02. The van der Waals surface area contributed by atoms with Gasteiger partial charge in [0.25, 0.3) is 11.8 Å². The molecule has 0 aliphatic carbocycles. The van der Waals surface area contributed by atoms with Gasteiger partial charge in [0.2, 0.25) is 5.91 Å². The van der Waals surface area contributed by atoms with Crippen molar-refractivity contribution in [2.24, 2.45) is 0 Å². The topological polar surface area (TPSA) is 91.4 Å². The molecule has 1 aromatic heterocycles. The summed E-state index contributed by atoms with van der Waals surface area (Å²) in [6, 6.07) is 12.4. The maximum absolute atomic E-state index is 12.8. The molecule has 7 nitrogen and oxygen atoms in total. The summed E-state index contributed by atoms with van der Waals surface area (Å²) in [7, 11) is 0. The highest BCUT2D eigenvalue weighted by atomic mass is 16.2. The number of aromatic nitrogens is 1. The molecule has 1 aliphatic rings. The number of hydrogen-bond acceptors (Lipinski definition) is 4. The number of likely N-dealkylation sites (tertiary alicyclic amines) is 1. The van der Waals surface area contributed by atoms with Gasteiger partial charge in [-0.15, -0.1) is 0 Å². The fourth-order valence-corrected chi connectivity index (χ4v) is 3.40. The highest BCUT2D eigenvalue weighted by Crippen LogP contribution is 2.30. The Labute approximate surface area is 164 Å². The quantitative estimate of drug-likeness (QED) is 0.745. The zero-order valence-electron chi connectivity index (χ0n) is 15.9. The predicted octanol–water partition coefficient (Wildman–Crippen LogP) is 1.62. The van der Waals surface area contributed by atoms with Gasteiger partial charge in [-0.1, -0.05) is 18.2 Å². The van der Waals surface area contributed by atoms with Gasteiger partial charge in [0, 0.05) is 37.6 Å². The van der Waals surface area contributed by atoms with E-state index >= 15 is 0 Å². The molecule has 0 bridgehead atoms. The largest absolute Gasteiger partial charge is 0.352 e. The van der Waals surface area contributed by atoms with E-state index in [1.807, 2.05) is 18.2 Å². The number of rotatable bonds is 6. The van der Waals surface area contributed by atoms with Gasteiger partial charge in [-0.05, 0) is 44.0 Å². The molecular weight excluding hydrogens is 356 g/mol. The van der Waals surface area contributed by atoms with E-state index in [0.717, 1.165) is 6.42 Å². The summed E-state index contributed by atoms with van der Waals surface area (Å²) in [6.45, 7) is 2.93. The number of amides is 3. The van der Waals surface area contributed by atoms with E-state index in [2.05, 4.69) is 15.6 Å². The van der Waals surface area contributed by atoms with Gasteiger partial charge >= 0.3 is 0 Å². The van der Waals surface area contributed by atoms with Gasteiger partial charge in [-0.3, -0.25) is 19.4 Å². The van der Waals surface area contributed by atoms with E-state index in [4.69, 9.17) is 0 Å². The SMILES string of the molecule is CC1(C(=O)NCCNC(=O)c2cccnc2)CCCN1C(=O)c1ccccc1. The van der Waals surface area contributed by atoms with Crippen LogP contribution in [0, 0.1) is 0 Å². The van der Waals surface area contributed by atoms with Crippen LogP contribution in [0.4, 0.5) is 0 Å². The molecule has 2 aromatic rings. The zero-order chi connectivity index (χ0) is 20.0. The fraction of sp³-hybridized carbons (Fsp3) is 0.333. The minimum absolute atomic E-state index is 0.138. The molecule has 1 atom stereocenters. The smallest absolute Gasteiger partial charge is 0.254 e. The lowest BCUT2D eigenvalue weighted by Crippen LogP contribution is -2.56. The first-order valence-corrected chi connectivity index (χ1v) is 9.36. The number of pyridine rings is 1. The Kier molecular flexibility index (Phi) is 6.03. The van der Waals surface area contributed by atoms with Crippen molar-refractivity contribution >= 4 is 17.7 Å². The highest BCUT2D eigenvalue weighted by molar-refractivity contribution is 5.99. The van der Waals surface area contributed by atoms with Crippen LogP contribution in [0.3, 0.4) is 0 Å². The van der Waals surface area contributed by atoms with E-state index in [9.17, 15) is 14.4 Å². The lowest BCUT2D eigenvalue weighted by Gasteiger charge is -2.34. The lowest BCUT2D eigenvalue weighted by molar-refractivity contribution is -0.129. The molecule has 2 N–H and O–H groups in total. The summed E-state index contributed by atoms with van der Waals surface area (Å²) in [5.41, 5.74) is 0.156. The van der Waals surface area contributed by atoms with Crippen molar-refractivity contribution in [2.75, 3.05) is 19.6 Å². The molecule has 1 aromatic carbocycles. The van der Waals surface area contributed by atoms with Gasteiger partial charge in [0.05, 0.1) is 5.56 Å². The molecule has 146 valence electrons. The average molecular weight is 380 g/mol. The van der Waals surface area contributed by atoms with Crippen molar-refractivity contribution in [1.29, 1.82) is 0 Å². The van der Waals surface area contributed by atoms with Crippen LogP contribution in [0.25, 0.3) is 0 Å². The molecule has 0 saturated carbocycles. The maximum Gasteiger partial charge on any atom is 0.254 e. The first-order valence-electron chi connectivity index (χ1n) is 9.36. The van der Waals surface area contributed by atoms with Crippen molar-refractivity contribution in [3.8, 4) is 0 Å². The van der Waals surface area contributed by atoms with Crippen LogP contribution < -0.4 is 10.6 Å². The molecule has 1 aliphatic heterocycles. The van der Waals surface area contributed by atoms with Crippen LogP contribution in [0.5, 0.6) is 0 Å². The molecule has 0 spiro atoms. The minimum atomic E-state index is -0.889. The molecule has 0 radical (unpaired) electrons. The van der Waals surface area contributed by atoms with Gasteiger partial charge in [0.1, 0.15) is 5.54 Å². The summed E-state index contributed by atoms with van der Waals surface area (Å²) in [5, 5.41) is 5.59. The van der Waals surface area contributed by atoms with Crippen LogP contribution in [0.1, 0.15) is 40.5 Å². The van der Waals surface area contributed by atoms with Crippen molar-refractivity contribution in [3.63, 3.8) is 0 Å². The van der Waals surface area contributed by atoms with Crippen LogP contribution in [0.15, 0.2) is 54.9 Å². The van der Waals surface area contributed by atoms with Crippen molar-refractivity contribution < 1.29 is 14.4 Å². The first kappa shape index (κ1) is 19.5. The van der Waals surface area contributed by atoms with Gasteiger partial charge in [-0.25, -0.2) is 0 Å². The van der Waals surface area contributed by atoms with Crippen LogP contribution >= 0.6 is 0 Å². The van der Waals surface area contributed by atoms with E-state index in [1.165, 1.54) is 6.20 Å². The summed E-state index contributed by atoms with van der Waals surface area (Å²) in [5.74, 6) is -0.583. The van der Waals surface area contributed by atoms with Crippen molar-refractivity contribution in [2.45, 2.75) is 25.3 Å². The number of benzene rings is 1. The number of carbonyl (C=O) groups excluding carboxylic acids is 3. The summed E-state index contributed by atoms with van der Waals surface area (Å²) < 4.78 is 0. The molecule has 1 fully saturated rings. The first-order chi connectivity index (χ1) is 13.5. The number of nitrogens with one attached hydrogen (secondary N) is 2. The van der Waals surface area contributed by atoms with E-state index in [1.54, 1.807) is 42.3 Å². The minimum Gasteiger partial charge on any atom is -0.352 e. The van der Waals surface area contributed by atoms with Crippen LogP contribution in [-0.2, 0) is 4.79 Å². The second kappa shape index (κ2) is 8.65.